The van der Waals surface area contributed by atoms with Crippen LogP contribution < -0.4 is 10.1 Å². The molecule has 3 nitrogen and oxygen atoms in total. The summed E-state index contributed by atoms with van der Waals surface area (Å²) < 4.78 is 5.64. The summed E-state index contributed by atoms with van der Waals surface area (Å²) >= 11 is 0. The molecular weight excluding hydrogens is 262 g/mol. The van der Waals surface area contributed by atoms with Gasteiger partial charge in [0.15, 0.2) is 0 Å². The Labute approximate surface area is 127 Å². The highest BCUT2D eigenvalue weighted by Gasteiger charge is 2.53. The summed E-state index contributed by atoms with van der Waals surface area (Å²) in [5, 5.41) is 13.4. The Morgan fingerprint density at radius 1 is 1.29 bits per heavy atom. The lowest BCUT2D eigenvalue weighted by molar-refractivity contribution is 0.104. The Kier molecular flexibility index (Phi) is 4.51. The second-order valence-electron chi connectivity index (χ2n) is 6.73. The lowest BCUT2D eigenvalue weighted by Gasteiger charge is -2.18. The molecule has 0 amide bonds. The average molecular weight is 289 g/mol. The minimum Gasteiger partial charge on any atom is -0.491 e. The van der Waals surface area contributed by atoms with Gasteiger partial charge in [0.05, 0.1) is 0 Å². The molecule has 0 bridgehead atoms. The number of hydrogen-bond donors (Lipinski definition) is 2. The third kappa shape index (κ3) is 3.98. The van der Waals surface area contributed by atoms with E-state index in [0.29, 0.717) is 18.6 Å². The van der Waals surface area contributed by atoms with Gasteiger partial charge >= 0.3 is 0 Å². The molecule has 1 aromatic rings. The molecule has 2 N–H and O–H groups in total. The summed E-state index contributed by atoms with van der Waals surface area (Å²) in [7, 11) is 0. The smallest absolute Gasteiger partial charge is 0.119 e. The van der Waals surface area contributed by atoms with Gasteiger partial charge in [-0.05, 0) is 61.1 Å². The van der Waals surface area contributed by atoms with E-state index in [0.717, 1.165) is 24.6 Å². The van der Waals surface area contributed by atoms with E-state index >= 15 is 0 Å². The second-order valence-corrected chi connectivity index (χ2v) is 6.73. The molecule has 1 unspecified atom stereocenters. The minimum atomic E-state index is -0.439. The molecule has 1 aromatic carbocycles. The van der Waals surface area contributed by atoms with Crippen LogP contribution in [0.4, 0.5) is 0 Å². The van der Waals surface area contributed by atoms with Gasteiger partial charge in [-0.2, -0.15) is 0 Å². The molecule has 0 spiro atoms. The first-order valence-corrected chi connectivity index (χ1v) is 8.32. The number of ether oxygens (including phenoxy) is 1. The van der Waals surface area contributed by atoms with Crippen LogP contribution >= 0.6 is 0 Å². The Hall–Kier alpha value is -1.06. The van der Waals surface area contributed by atoms with E-state index in [1.54, 1.807) is 0 Å². The van der Waals surface area contributed by atoms with Gasteiger partial charge in [0.25, 0.3) is 0 Å². The third-order valence-corrected chi connectivity index (χ3v) is 4.97. The van der Waals surface area contributed by atoms with Gasteiger partial charge in [0, 0.05) is 13.1 Å². The molecule has 0 saturated heterocycles. The summed E-state index contributed by atoms with van der Waals surface area (Å²) in [5.41, 5.74) is 1.90. The van der Waals surface area contributed by atoms with Crippen LogP contribution in [0, 0.1) is 11.3 Å². The predicted molar refractivity (Wildman–Crippen MR) is 84.6 cm³/mol. The van der Waals surface area contributed by atoms with Gasteiger partial charge in [-0.1, -0.05) is 19.1 Å². The number of aryl methyl sites for hydroxylation is 1. The van der Waals surface area contributed by atoms with Gasteiger partial charge in [0.2, 0.25) is 0 Å². The largest absolute Gasteiger partial charge is 0.491 e. The van der Waals surface area contributed by atoms with Crippen LogP contribution in [-0.2, 0) is 6.42 Å². The lowest BCUT2D eigenvalue weighted by atomic mass is 10.0. The molecule has 0 radical (unpaired) electrons. The zero-order chi connectivity index (χ0) is 14.7. The molecule has 2 aliphatic carbocycles. The SMILES string of the molecule is CCc1ccc(OCC(O)CNCC2(C3CC3)CC2)cc1. The van der Waals surface area contributed by atoms with E-state index in [9.17, 15) is 5.11 Å². The first-order chi connectivity index (χ1) is 10.2. The van der Waals surface area contributed by atoms with E-state index < -0.39 is 6.10 Å². The summed E-state index contributed by atoms with van der Waals surface area (Å²) in [4.78, 5) is 0. The monoisotopic (exact) mass is 289 g/mol. The van der Waals surface area contributed by atoms with Gasteiger partial charge in [-0.25, -0.2) is 0 Å². The maximum absolute atomic E-state index is 10.00. The fraction of sp³-hybridized carbons (Fsp3) is 0.667. The molecule has 3 heteroatoms. The quantitative estimate of drug-likeness (QED) is 0.734. The number of benzene rings is 1. The van der Waals surface area contributed by atoms with Crippen LogP contribution in [0.1, 0.15) is 38.2 Å². The summed E-state index contributed by atoms with van der Waals surface area (Å²) in [5.74, 6) is 1.80. The van der Waals surface area contributed by atoms with Crippen molar-refractivity contribution in [1.29, 1.82) is 0 Å². The Morgan fingerprint density at radius 2 is 2.00 bits per heavy atom. The predicted octanol–water partition coefficient (Wildman–Crippen LogP) is 2.77. The van der Waals surface area contributed by atoms with Gasteiger partial charge in [-0.15, -0.1) is 0 Å². The van der Waals surface area contributed by atoms with Crippen molar-refractivity contribution >= 4 is 0 Å². The average Bonchev–Trinajstić information content (AvgIpc) is 3.38. The molecule has 2 aliphatic rings. The molecular formula is C18H27NO2. The Balaban J connectivity index is 1.33. The number of aliphatic hydroxyl groups excluding tert-OH is 1. The van der Waals surface area contributed by atoms with Gasteiger partial charge in [0.1, 0.15) is 18.5 Å². The number of nitrogens with one attached hydrogen (secondary N) is 1. The van der Waals surface area contributed by atoms with Crippen molar-refractivity contribution in [2.24, 2.45) is 11.3 Å². The van der Waals surface area contributed by atoms with Crippen LogP contribution in [0.3, 0.4) is 0 Å². The molecule has 2 saturated carbocycles. The summed E-state index contributed by atoms with van der Waals surface area (Å²) in [6.45, 7) is 4.19. The van der Waals surface area contributed by atoms with E-state index in [2.05, 4.69) is 24.4 Å². The Morgan fingerprint density at radius 3 is 2.57 bits per heavy atom. The molecule has 0 aromatic heterocycles. The number of hydrogen-bond acceptors (Lipinski definition) is 3. The van der Waals surface area contributed by atoms with E-state index in [1.807, 2.05) is 12.1 Å². The molecule has 21 heavy (non-hydrogen) atoms. The van der Waals surface area contributed by atoms with Crippen molar-refractivity contribution in [3.63, 3.8) is 0 Å². The maximum atomic E-state index is 10.00. The van der Waals surface area contributed by atoms with Crippen molar-refractivity contribution in [1.82, 2.24) is 5.32 Å². The molecule has 1 atom stereocenters. The summed E-state index contributed by atoms with van der Waals surface area (Å²) in [6, 6.07) is 8.11. The van der Waals surface area contributed by atoms with Crippen LogP contribution in [0.25, 0.3) is 0 Å². The minimum absolute atomic E-state index is 0.356. The third-order valence-electron chi connectivity index (χ3n) is 4.97. The number of aliphatic hydroxyl groups is 1. The normalized spacial score (nSPS) is 21.0. The first-order valence-electron chi connectivity index (χ1n) is 8.32. The fourth-order valence-electron chi connectivity index (χ4n) is 3.15. The zero-order valence-electron chi connectivity index (χ0n) is 13.0. The van der Waals surface area contributed by atoms with E-state index in [1.165, 1.54) is 31.2 Å². The topological polar surface area (TPSA) is 41.5 Å². The van der Waals surface area contributed by atoms with Crippen LogP contribution in [0.15, 0.2) is 24.3 Å². The van der Waals surface area contributed by atoms with Crippen molar-refractivity contribution in [3.8, 4) is 5.75 Å². The Bertz CT molecular complexity index is 449. The van der Waals surface area contributed by atoms with Crippen molar-refractivity contribution < 1.29 is 9.84 Å². The van der Waals surface area contributed by atoms with Crippen molar-refractivity contribution in [2.45, 2.75) is 45.1 Å². The second kappa shape index (κ2) is 6.37. The lowest BCUT2D eigenvalue weighted by Crippen LogP contribution is -2.35. The molecule has 0 aliphatic heterocycles. The first kappa shape index (κ1) is 14.9. The van der Waals surface area contributed by atoms with Gasteiger partial charge in [-0.3, -0.25) is 0 Å². The number of rotatable bonds is 9. The van der Waals surface area contributed by atoms with Gasteiger partial charge < -0.3 is 15.2 Å². The molecule has 3 rings (SSSR count). The molecule has 116 valence electrons. The highest BCUT2D eigenvalue weighted by atomic mass is 16.5. The van der Waals surface area contributed by atoms with Crippen LogP contribution in [0.5, 0.6) is 5.75 Å². The van der Waals surface area contributed by atoms with Crippen molar-refractivity contribution in [3.05, 3.63) is 29.8 Å². The zero-order valence-corrected chi connectivity index (χ0v) is 13.0. The van der Waals surface area contributed by atoms with Crippen LogP contribution in [0.2, 0.25) is 0 Å². The van der Waals surface area contributed by atoms with E-state index in [-0.39, 0.29) is 0 Å². The van der Waals surface area contributed by atoms with Crippen LogP contribution in [-0.4, -0.2) is 30.9 Å². The maximum Gasteiger partial charge on any atom is 0.119 e. The molecule has 2 fully saturated rings. The molecule has 0 heterocycles. The standard InChI is InChI=1S/C18H27NO2/c1-2-14-3-7-17(8-4-14)21-12-16(20)11-19-13-18(9-10-18)15-5-6-15/h3-4,7-8,15-16,19-20H,2,5-6,9-13H2,1H3. The van der Waals surface area contributed by atoms with Crippen molar-refractivity contribution in [2.75, 3.05) is 19.7 Å². The van der Waals surface area contributed by atoms with E-state index in [4.69, 9.17) is 4.74 Å². The summed E-state index contributed by atoms with van der Waals surface area (Å²) in [6.07, 6.45) is 6.19. The highest BCUT2D eigenvalue weighted by Crippen LogP contribution is 2.60. The fourth-order valence-corrected chi connectivity index (χ4v) is 3.15. The highest BCUT2D eigenvalue weighted by molar-refractivity contribution is 5.27.